The Morgan fingerprint density at radius 2 is 1.09 bits per heavy atom. The van der Waals surface area contributed by atoms with Gasteiger partial charge in [-0.2, -0.15) is 0 Å². The van der Waals surface area contributed by atoms with Crippen LogP contribution >= 0.6 is 0 Å². The molecule has 2 aliphatic heterocycles. The molecule has 24 heteroatoms. The highest BCUT2D eigenvalue weighted by atomic mass is 16.6. The molecule has 24 nitrogen and oxygen atoms in total. The molecule has 2 heterocycles. The van der Waals surface area contributed by atoms with Crippen molar-refractivity contribution in [3.63, 3.8) is 0 Å². The van der Waals surface area contributed by atoms with Gasteiger partial charge in [0.05, 0.1) is 78.9 Å². The van der Waals surface area contributed by atoms with Crippen molar-refractivity contribution in [2.45, 2.75) is 103 Å². The number of ketones is 2. The number of amides is 3. The van der Waals surface area contributed by atoms with Gasteiger partial charge in [0.25, 0.3) is 0 Å². The summed E-state index contributed by atoms with van der Waals surface area (Å²) in [5, 5.41) is 54.4. The second-order valence-corrected chi connectivity index (χ2v) is 20.3. The number of hydrogen-bond acceptors (Lipinski definition) is 19. The summed E-state index contributed by atoms with van der Waals surface area (Å²) < 4.78 is 39.0. The van der Waals surface area contributed by atoms with E-state index in [9.17, 15) is 73.5 Å². The summed E-state index contributed by atoms with van der Waals surface area (Å²) in [6, 6.07) is 11.6. The lowest BCUT2D eigenvalue weighted by molar-refractivity contribution is -0.163. The zero-order chi connectivity index (χ0) is 58.6. The molecule has 2 aromatic carbocycles. The normalized spacial score (nSPS) is 20.9. The number of ether oxygens (including phenoxy) is 7. The zero-order valence-electron chi connectivity index (χ0n) is 45.3. The standard InChI is InChI=1S/C54H72N2O22/c1-11-35(72-7)41(50(66)67)33(48(62)63)25-38(75-10)42-34(51(68)78-52(42)69)26-37(74-9)40(49(64)65)32(45(59)55-20-22-76-30-16-12-28(13-17-30)43(57)53(3,4)70)24-36(73-8)39-27(2)46(60)56(47(39)61)21-23-77-31-18-14-29(15-19-31)44(58)54(5,6)71/h12-19,27,32-42,70-71H,11,20-26H2,1-10H3,(H,55,59)(H,62,63)(H,64,65)(H,66,67). The van der Waals surface area contributed by atoms with Crippen LogP contribution in [-0.2, 0) is 62.0 Å². The summed E-state index contributed by atoms with van der Waals surface area (Å²) >= 11 is 0. The molecular weight excluding hydrogens is 1030 g/mol. The molecular formula is C54H72N2O22. The monoisotopic (exact) mass is 1100 g/mol. The summed E-state index contributed by atoms with van der Waals surface area (Å²) in [6.45, 7) is 7.51. The van der Waals surface area contributed by atoms with E-state index in [-0.39, 0.29) is 55.4 Å². The fraction of sp³-hybridized carbons (Fsp3) is 0.593. The van der Waals surface area contributed by atoms with Crippen molar-refractivity contribution in [3.05, 3.63) is 59.7 Å². The highest BCUT2D eigenvalue weighted by Gasteiger charge is 2.55. The number of Topliss-reactive ketones (excluding diaryl/α,β-unsaturated/α-hetero) is 2. The van der Waals surface area contributed by atoms with E-state index < -0.39 is 161 Å². The summed E-state index contributed by atoms with van der Waals surface area (Å²) in [6.07, 6.45) is -7.34. The number of nitrogens with one attached hydrogen (secondary N) is 1. The number of imide groups is 1. The van der Waals surface area contributed by atoms with Crippen molar-refractivity contribution in [2.75, 3.05) is 54.7 Å². The van der Waals surface area contributed by atoms with E-state index in [1.54, 1.807) is 6.92 Å². The van der Waals surface area contributed by atoms with E-state index in [4.69, 9.17) is 33.2 Å². The van der Waals surface area contributed by atoms with Gasteiger partial charge in [-0.05, 0) is 102 Å². The van der Waals surface area contributed by atoms with Crippen LogP contribution < -0.4 is 14.8 Å². The van der Waals surface area contributed by atoms with E-state index in [2.05, 4.69) is 5.32 Å². The average Bonchev–Trinajstić information content (AvgIpc) is 3.78. The Balaban J connectivity index is 1.66. The van der Waals surface area contributed by atoms with Crippen LogP contribution in [0.5, 0.6) is 11.5 Å². The van der Waals surface area contributed by atoms with Crippen molar-refractivity contribution in [1.82, 2.24) is 10.2 Å². The zero-order valence-corrected chi connectivity index (χ0v) is 45.3. The number of aliphatic hydroxyl groups is 2. The van der Waals surface area contributed by atoms with Crippen LogP contribution in [0, 0.1) is 47.3 Å². The lowest BCUT2D eigenvalue weighted by Crippen LogP contribution is -2.49. The molecule has 0 aliphatic carbocycles. The van der Waals surface area contributed by atoms with Crippen LogP contribution in [-0.4, -0.2) is 180 Å². The summed E-state index contributed by atoms with van der Waals surface area (Å²) in [4.78, 5) is 134. The van der Waals surface area contributed by atoms with Gasteiger partial charge >= 0.3 is 29.8 Å². The third-order valence-corrected chi connectivity index (χ3v) is 14.3. The number of rotatable bonds is 33. The van der Waals surface area contributed by atoms with E-state index in [1.807, 2.05) is 0 Å². The van der Waals surface area contributed by atoms with Gasteiger partial charge in [-0.25, -0.2) is 0 Å². The van der Waals surface area contributed by atoms with Gasteiger partial charge in [0.15, 0.2) is 11.6 Å². The number of hydrogen-bond donors (Lipinski definition) is 6. The third-order valence-electron chi connectivity index (χ3n) is 14.3. The molecule has 2 fully saturated rings. The molecule has 6 N–H and O–H groups in total. The molecule has 2 aliphatic rings. The first-order valence-electron chi connectivity index (χ1n) is 25.3. The summed E-state index contributed by atoms with van der Waals surface area (Å²) in [5.74, 6) is -22.5. The third kappa shape index (κ3) is 15.5. The highest BCUT2D eigenvalue weighted by molar-refractivity contribution is 6.05. The predicted octanol–water partition coefficient (Wildman–Crippen LogP) is 2.46. The van der Waals surface area contributed by atoms with Crippen LogP contribution in [0.4, 0.5) is 0 Å². The number of carboxylic acid groups (broad SMARTS) is 3. The Morgan fingerprint density at radius 1 is 0.628 bits per heavy atom. The second-order valence-electron chi connectivity index (χ2n) is 20.3. The minimum absolute atomic E-state index is 0.0893. The fourth-order valence-electron chi connectivity index (χ4n) is 10.1. The molecule has 2 aromatic rings. The van der Waals surface area contributed by atoms with Crippen LogP contribution in [0.25, 0.3) is 0 Å². The Bertz CT molecular complexity index is 2480. The van der Waals surface area contributed by atoms with Gasteiger partial charge in [0.1, 0.15) is 35.9 Å². The number of aliphatic carboxylic acids is 3. The molecule has 78 heavy (non-hydrogen) atoms. The molecule has 0 radical (unpaired) electrons. The van der Waals surface area contributed by atoms with Gasteiger partial charge in [-0.3, -0.25) is 52.8 Å². The maximum atomic E-state index is 14.6. The van der Waals surface area contributed by atoms with Gasteiger partial charge in [0, 0.05) is 45.5 Å². The summed E-state index contributed by atoms with van der Waals surface area (Å²) in [5.41, 5.74) is -2.84. The number of methoxy groups -OCH3 is 4. The Kier molecular flexibility index (Phi) is 22.7. The molecule has 2 saturated heterocycles. The van der Waals surface area contributed by atoms with E-state index >= 15 is 0 Å². The SMILES string of the molecule is CCC(OC)C(C(=O)O)C(CC(OC)C1C(=O)OC(=O)C1CC(OC)C(C(=O)O)C(CC(OC)C1C(=O)N(CCOc2ccc(C(=O)C(C)(C)O)cc2)C(=O)C1C)C(=O)NCCOc1ccc(C(=O)C(C)(C)O)cc1)C(=O)O. The van der Waals surface area contributed by atoms with Crippen molar-refractivity contribution in [2.24, 2.45) is 47.3 Å². The molecule has 12 atom stereocenters. The molecule has 4 rings (SSSR count). The smallest absolute Gasteiger partial charge is 0.320 e. The molecule has 12 unspecified atom stereocenters. The minimum Gasteiger partial charge on any atom is -0.492 e. The Hall–Kier alpha value is -6.70. The van der Waals surface area contributed by atoms with E-state index in [0.717, 1.165) is 19.1 Å². The van der Waals surface area contributed by atoms with Crippen molar-refractivity contribution < 1.29 is 107 Å². The van der Waals surface area contributed by atoms with Crippen molar-refractivity contribution >= 4 is 59.1 Å². The van der Waals surface area contributed by atoms with Gasteiger partial charge in [-0.1, -0.05) is 13.8 Å². The predicted molar refractivity (Wildman–Crippen MR) is 270 cm³/mol. The molecule has 0 saturated carbocycles. The maximum absolute atomic E-state index is 14.6. The maximum Gasteiger partial charge on any atom is 0.320 e. The lowest BCUT2D eigenvalue weighted by atomic mass is 9.74. The lowest BCUT2D eigenvalue weighted by Gasteiger charge is -2.35. The molecule has 0 spiro atoms. The first-order chi connectivity index (χ1) is 36.6. The first kappa shape index (κ1) is 63.8. The highest BCUT2D eigenvalue weighted by Crippen LogP contribution is 2.41. The number of nitrogens with zero attached hydrogens (tertiary/aromatic N) is 1. The minimum atomic E-state index is -1.92. The topological polar surface area (TPSA) is 352 Å². The number of likely N-dealkylation sites (tertiary alicyclic amines) is 1. The first-order valence-corrected chi connectivity index (χ1v) is 25.3. The van der Waals surface area contributed by atoms with Crippen molar-refractivity contribution in [1.29, 1.82) is 0 Å². The average molecular weight is 1100 g/mol. The molecule has 3 amide bonds. The summed E-state index contributed by atoms with van der Waals surface area (Å²) in [7, 11) is 4.59. The number of carboxylic acids is 3. The number of esters is 2. The quantitative estimate of drug-likeness (QED) is 0.0196. The molecule has 430 valence electrons. The number of carbonyl (C=O) groups excluding carboxylic acids is 7. The van der Waals surface area contributed by atoms with Crippen LogP contribution in [0.15, 0.2) is 48.5 Å². The van der Waals surface area contributed by atoms with E-state index in [0.29, 0.717) is 0 Å². The van der Waals surface area contributed by atoms with Gasteiger partial charge in [0.2, 0.25) is 17.7 Å². The van der Waals surface area contributed by atoms with Crippen LogP contribution in [0.2, 0.25) is 0 Å². The Morgan fingerprint density at radius 3 is 1.53 bits per heavy atom. The van der Waals surface area contributed by atoms with Gasteiger partial charge in [-0.15, -0.1) is 0 Å². The second kappa shape index (κ2) is 27.8. The van der Waals surface area contributed by atoms with Crippen LogP contribution in [0.1, 0.15) is 87.9 Å². The number of cyclic esters (lactones) is 2. The Labute approximate surface area is 450 Å². The largest absolute Gasteiger partial charge is 0.492 e. The fourth-order valence-corrected chi connectivity index (χ4v) is 10.1. The number of benzene rings is 2. The number of carbonyl (C=O) groups is 10. The van der Waals surface area contributed by atoms with Crippen LogP contribution in [0.3, 0.4) is 0 Å². The van der Waals surface area contributed by atoms with E-state index in [1.165, 1.54) is 97.4 Å². The van der Waals surface area contributed by atoms with Crippen molar-refractivity contribution in [3.8, 4) is 11.5 Å². The molecule has 0 aromatic heterocycles. The van der Waals surface area contributed by atoms with Gasteiger partial charge < -0.3 is 64.0 Å². The molecule has 0 bridgehead atoms.